The topological polar surface area (TPSA) is 143 Å². The Hall–Kier alpha value is -4.29. The lowest BCUT2D eigenvalue weighted by Crippen LogP contribution is -2.27. The fourth-order valence-corrected chi connectivity index (χ4v) is 4.77. The van der Waals surface area contributed by atoms with Gasteiger partial charge in [-0.15, -0.1) is 0 Å². The second kappa shape index (κ2) is 12.5. The highest BCUT2D eigenvalue weighted by Crippen LogP contribution is 2.39. The van der Waals surface area contributed by atoms with Gasteiger partial charge in [0.25, 0.3) is 5.91 Å². The van der Waals surface area contributed by atoms with Crippen LogP contribution in [-0.4, -0.2) is 45.4 Å². The van der Waals surface area contributed by atoms with Crippen molar-refractivity contribution in [3.63, 3.8) is 0 Å². The lowest BCUT2D eigenvalue weighted by Gasteiger charge is -2.29. The number of hydrogen-bond acceptors (Lipinski definition) is 8. The standard InChI is InChI=1S/C27H28FN5O5S/c1-37-18-11-9-17(10-12-18)6-3-4-15-33(39(35)36)22-14-13-21(28)24(25(22)38-2)32-27(34)20-8-5-7-19-23(20)30-16-31-26(19)29/h5,7-14,16H,3-4,6,15H2,1-2H3,(H,32,34)(H,35,36)(H2,29,30,31)/p-1. The first kappa shape index (κ1) is 27.7. The monoisotopic (exact) mass is 552 g/mol. The Morgan fingerprint density at radius 2 is 1.85 bits per heavy atom. The van der Waals surface area contributed by atoms with E-state index < -0.39 is 23.0 Å². The van der Waals surface area contributed by atoms with Crippen molar-refractivity contribution in [3.8, 4) is 11.5 Å². The van der Waals surface area contributed by atoms with Gasteiger partial charge in [-0.1, -0.05) is 18.2 Å². The number of benzene rings is 3. The van der Waals surface area contributed by atoms with Gasteiger partial charge in [0.2, 0.25) is 0 Å². The van der Waals surface area contributed by atoms with E-state index in [9.17, 15) is 17.9 Å². The fourth-order valence-electron chi connectivity index (χ4n) is 4.19. The van der Waals surface area contributed by atoms with Gasteiger partial charge in [0.15, 0.2) is 11.6 Å². The zero-order valence-corrected chi connectivity index (χ0v) is 22.2. The van der Waals surface area contributed by atoms with Crippen molar-refractivity contribution < 1.29 is 27.4 Å². The summed E-state index contributed by atoms with van der Waals surface area (Å²) in [6, 6.07) is 14.8. The number of rotatable bonds is 11. The molecule has 0 bridgehead atoms. The highest BCUT2D eigenvalue weighted by Gasteiger charge is 2.23. The third kappa shape index (κ3) is 6.24. The van der Waals surface area contributed by atoms with Crippen LogP contribution in [0.3, 0.4) is 0 Å². The minimum absolute atomic E-state index is 0.0940. The summed E-state index contributed by atoms with van der Waals surface area (Å²) in [7, 11) is 2.87. The molecule has 0 aliphatic heterocycles. The van der Waals surface area contributed by atoms with E-state index in [4.69, 9.17) is 15.2 Å². The van der Waals surface area contributed by atoms with Gasteiger partial charge in [-0.3, -0.25) is 13.3 Å². The second-order valence-corrected chi connectivity index (χ2v) is 9.39. The van der Waals surface area contributed by atoms with E-state index in [1.54, 1.807) is 19.2 Å². The van der Waals surface area contributed by atoms with Crippen LogP contribution in [0, 0.1) is 5.82 Å². The minimum atomic E-state index is -2.68. The predicted molar refractivity (Wildman–Crippen MR) is 147 cm³/mol. The van der Waals surface area contributed by atoms with Crippen LogP contribution >= 0.6 is 0 Å². The van der Waals surface area contributed by atoms with Crippen LogP contribution in [0.4, 0.5) is 21.6 Å². The number of anilines is 3. The number of ether oxygens (including phenoxy) is 2. The average molecular weight is 553 g/mol. The van der Waals surface area contributed by atoms with Crippen molar-refractivity contribution in [1.29, 1.82) is 0 Å². The SMILES string of the molecule is COc1ccc(CCCCN(c2ccc(F)c(NC(=O)c3cccc4c(N)ncnc34)c2OC)S(=O)[O-])cc1. The number of aromatic nitrogens is 2. The van der Waals surface area contributed by atoms with Crippen molar-refractivity contribution in [3.05, 3.63) is 77.9 Å². The molecule has 39 heavy (non-hydrogen) atoms. The number of unbranched alkanes of at least 4 members (excludes halogenated alkanes) is 1. The van der Waals surface area contributed by atoms with Crippen molar-refractivity contribution in [2.45, 2.75) is 19.3 Å². The minimum Gasteiger partial charge on any atom is -0.755 e. The molecule has 3 N–H and O–H groups in total. The van der Waals surface area contributed by atoms with Crippen molar-refractivity contribution in [1.82, 2.24) is 9.97 Å². The Labute approximate surface area is 227 Å². The van der Waals surface area contributed by atoms with E-state index in [2.05, 4.69) is 15.3 Å². The number of methoxy groups -OCH3 is 2. The average Bonchev–Trinajstić information content (AvgIpc) is 2.94. The van der Waals surface area contributed by atoms with Gasteiger partial charge >= 0.3 is 0 Å². The first-order valence-electron chi connectivity index (χ1n) is 12.0. The maximum Gasteiger partial charge on any atom is 0.258 e. The summed E-state index contributed by atoms with van der Waals surface area (Å²) >= 11 is -2.68. The van der Waals surface area contributed by atoms with Crippen molar-refractivity contribution in [2.75, 3.05) is 36.1 Å². The Bertz CT molecular complexity index is 1500. The van der Waals surface area contributed by atoms with Gasteiger partial charge < -0.3 is 25.1 Å². The zero-order chi connectivity index (χ0) is 27.9. The van der Waals surface area contributed by atoms with E-state index in [-0.39, 0.29) is 40.6 Å². The summed E-state index contributed by atoms with van der Waals surface area (Å²) in [5.74, 6) is -0.648. The highest BCUT2D eigenvalue weighted by atomic mass is 32.2. The van der Waals surface area contributed by atoms with Crippen LogP contribution < -0.4 is 24.8 Å². The predicted octanol–water partition coefficient (Wildman–Crippen LogP) is 4.24. The van der Waals surface area contributed by atoms with E-state index in [0.717, 1.165) is 28.1 Å². The quantitative estimate of drug-likeness (QED) is 0.208. The van der Waals surface area contributed by atoms with Crippen molar-refractivity contribution >= 4 is 45.3 Å². The van der Waals surface area contributed by atoms with Crippen LogP contribution in [0.25, 0.3) is 10.9 Å². The summed E-state index contributed by atoms with van der Waals surface area (Å²) in [4.78, 5) is 21.2. The Balaban J connectivity index is 1.55. The van der Waals surface area contributed by atoms with E-state index in [1.807, 2.05) is 24.3 Å². The van der Waals surface area contributed by atoms with Gasteiger partial charge in [0.05, 0.1) is 31.0 Å². The number of carbonyl (C=O) groups excluding carboxylic acids is 1. The first-order valence-corrected chi connectivity index (χ1v) is 13.0. The summed E-state index contributed by atoms with van der Waals surface area (Å²) in [5.41, 5.74) is 7.20. The smallest absolute Gasteiger partial charge is 0.258 e. The molecule has 1 unspecified atom stereocenters. The lowest BCUT2D eigenvalue weighted by molar-refractivity contribution is 0.102. The molecule has 0 aliphatic carbocycles. The van der Waals surface area contributed by atoms with Gasteiger partial charge in [-0.2, -0.15) is 0 Å². The molecule has 12 heteroatoms. The number of nitrogens with two attached hydrogens (primary N) is 1. The number of carbonyl (C=O) groups is 1. The number of aryl methyl sites for hydroxylation is 1. The maximum absolute atomic E-state index is 15.0. The molecule has 10 nitrogen and oxygen atoms in total. The van der Waals surface area contributed by atoms with Crippen LogP contribution in [0.15, 0.2) is 60.9 Å². The van der Waals surface area contributed by atoms with E-state index in [0.29, 0.717) is 18.2 Å². The zero-order valence-electron chi connectivity index (χ0n) is 21.3. The number of nitrogens with zero attached hydrogens (tertiary/aromatic N) is 3. The van der Waals surface area contributed by atoms with E-state index >= 15 is 0 Å². The molecule has 0 aliphatic rings. The number of para-hydroxylation sites is 1. The molecule has 3 aromatic carbocycles. The van der Waals surface area contributed by atoms with Gasteiger partial charge in [-0.05, 0) is 61.2 Å². The van der Waals surface area contributed by atoms with Gasteiger partial charge in [0, 0.05) is 23.2 Å². The lowest BCUT2D eigenvalue weighted by atomic mass is 10.1. The molecule has 204 valence electrons. The molecule has 1 aromatic heterocycles. The first-order chi connectivity index (χ1) is 18.8. The molecular weight excluding hydrogens is 525 g/mol. The summed E-state index contributed by atoms with van der Waals surface area (Å²) in [5, 5.41) is 2.98. The van der Waals surface area contributed by atoms with E-state index in [1.165, 1.54) is 25.6 Å². The van der Waals surface area contributed by atoms with Crippen LogP contribution in [-0.2, 0) is 17.7 Å². The highest BCUT2D eigenvalue weighted by molar-refractivity contribution is 7.80. The molecule has 1 heterocycles. The molecule has 0 saturated carbocycles. The normalized spacial score (nSPS) is 11.7. The summed E-state index contributed by atoms with van der Waals surface area (Å²) in [6.45, 7) is 0.126. The van der Waals surface area contributed by atoms with Gasteiger partial charge in [-0.25, -0.2) is 14.4 Å². The number of amides is 1. The molecule has 4 rings (SSSR count). The number of nitrogens with one attached hydrogen (secondary N) is 1. The molecule has 0 fully saturated rings. The second-order valence-electron chi connectivity index (χ2n) is 8.51. The molecular formula is C27H27FN5O5S-. The number of nitrogen functional groups attached to an aromatic ring is 1. The Morgan fingerprint density at radius 1 is 1.08 bits per heavy atom. The van der Waals surface area contributed by atoms with Crippen LogP contribution in [0.5, 0.6) is 11.5 Å². The number of halogens is 1. The van der Waals surface area contributed by atoms with Crippen LogP contribution in [0.2, 0.25) is 0 Å². The maximum atomic E-state index is 15.0. The number of fused-ring (bicyclic) bond motifs is 1. The number of hydrogen-bond donors (Lipinski definition) is 2. The van der Waals surface area contributed by atoms with Crippen LogP contribution in [0.1, 0.15) is 28.8 Å². The summed E-state index contributed by atoms with van der Waals surface area (Å²) in [6.07, 6.45) is 3.20. The van der Waals surface area contributed by atoms with Crippen molar-refractivity contribution in [2.24, 2.45) is 0 Å². The largest absolute Gasteiger partial charge is 0.755 e. The Morgan fingerprint density at radius 3 is 2.54 bits per heavy atom. The molecule has 1 amide bonds. The Kier molecular flexibility index (Phi) is 8.89. The van der Waals surface area contributed by atoms with Gasteiger partial charge in [0.1, 0.15) is 23.6 Å². The third-order valence-electron chi connectivity index (χ3n) is 6.15. The molecule has 1 atom stereocenters. The molecule has 0 radical (unpaired) electrons. The fraction of sp³-hybridized carbons (Fsp3) is 0.222. The molecule has 4 aromatic rings. The molecule has 0 saturated heterocycles. The third-order valence-corrected chi connectivity index (χ3v) is 6.89. The summed E-state index contributed by atoms with van der Waals surface area (Å²) < 4.78 is 50.9. The molecule has 0 spiro atoms.